The highest BCUT2D eigenvalue weighted by Gasteiger charge is 2.53. The van der Waals surface area contributed by atoms with E-state index < -0.39 is 12.1 Å². The van der Waals surface area contributed by atoms with Gasteiger partial charge in [-0.1, -0.05) is 18.6 Å². The number of halogens is 3. The number of likely N-dealkylation sites (tertiary alicyclic amines) is 1. The first-order valence-electron chi connectivity index (χ1n) is 11.8. The lowest BCUT2D eigenvalue weighted by Gasteiger charge is -2.24. The molecule has 5 unspecified atom stereocenters. The van der Waals surface area contributed by atoms with E-state index in [1.165, 1.54) is 17.8 Å². The van der Waals surface area contributed by atoms with E-state index in [4.69, 9.17) is 15.6 Å². The fourth-order valence-corrected chi connectivity index (χ4v) is 5.38. The molecule has 7 nitrogen and oxygen atoms in total. The minimum Gasteiger partial charge on any atom is -0.402 e. The van der Waals surface area contributed by atoms with Gasteiger partial charge in [-0.25, -0.2) is 4.98 Å². The molecule has 2 aromatic heterocycles. The molecule has 2 N–H and O–H groups in total. The van der Waals surface area contributed by atoms with E-state index in [0.29, 0.717) is 35.2 Å². The highest BCUT2D eigenvalue weighted by molar-refractivity contribution is 5.65. The minimum atomic E-state index is -4.84. The van der Waals surface area contributed by atoms with Gasteiger partial charge in [0.25, 0.3) is 0 Å². The molecule has 2 fully saturated rings. The van der Waals surface area contributed by atoms with E-state index >= 15 is 0 Å². The Bertz CT molecular complexity index is 1100. The molecule has 3 heterocycles. The van der Waals surface area contributed by atoms with Crippen molar-refractivity contribution in [3.05, 3.63) is 35.7 Å². The number of allylic oxidation sites excluding steroid dienone is 1. The molecule has 3 aliphatic rings. The zero-order valence-corrected chi connectivity index (χ0v) is 19.5. The number of alkyl halides is 3. The van der Waals surface area contributed by atoms with Crippen molar-refractivity contribution in [1.29, 1.82) is 0 Å². The maximum absolute atomic E-state index is 12.8. The van der Waals surface area contributed by atoms with Crippen LogP contribution in [0.25, 0.3) is 11.3 Å². The zero-order valence-electron chi connectivity index (χ0n) is 19.5. The highest BCUT2D eigenvalue weighted by atomic mass is 19.4. The third-order valence-electron chi connectivity index (χ3n) is 7.43. The van der Waals surface area contributed by atoms with Crippen LogP contribution >= 0.6 is 0 Å². The lowest BCUT2D eigenvalue weighted by atomic mass is 10.1. The van der Waals surface area contributed by atoms with Crippen LogP contribution < -0.4 is 10.5 Å². The SMILES string of the molecule is CCC(C)n1nc(-c2cnc(N)c(OC(F)(F)F)c2)cc1C1C2=CC(N3CCC(OC)C3)CC21. The number of hydrogen-bond donors (Lipinski definition) is 1. The van der Waals surface area contributed by atoms with Gasteiger partial charge < -0.3 is 15.2 Å². The number of fused-ring (bicyclic) bond motifs is 1. The van der Waals surface area contributed by atoms with Crippen molar-refractivity contribution in [3.8, 4) is 17.0 Å². The van der Waals surface area contributed by atoms with Gasteiger partial charge in [-0.15, -0.1) is 13.2 Å². The minimum absolute atomic E-state index is 0.162. The molecular formula is C24H30F3N5O2. The van der Waals surface area contributed by atoms with Crippen molar-refractivity contribution < 1.29 is 22.6 Å². The summed E-state index contributed by atoms with van der Waals surface area (Å²) in [5.41, 5.74) is 9.16. The Morgan fingerprint density at radius 2 is 2.09 bits per heavy atom. The normalized spacial score (nSPS) is 27.5. The number of aromatic nitrogens is 3. The van der Waals surface area contributed by atoms with Crippen LogP contribution in [-0.2, 0) is 4.74 Å². The third-order valence-corrected chi connectivity index (χ3v) is 7.43. The first-order chi connectivity index (χ1) is 16.2. The molecule has 0 bridgehead atoms. The van der Waals surface area contributed by atoms with Crippen LogP contribution in [0.3, 0.4) is 0 Å². The van der Waals surface area contributed by atoms with E-state index in [0.717, 1.165) is 38.0 Å². The average Bonchev–Trinajstić information content (AvgIpc) is 3.27. The van der Waals surface area contributed by atoms with Crippen LogP contribution in [-0.4, -0.2) is 58.4 Å². The number of pyridine rings is 1. The van der Waals surface area contributed by atoms with Crippen LogP contribution in [0.4, 0.5) is 19.0 Å². The van der Waals surface area contributed by atoms with Crippen LogP contribution in [0.5, 0.6) is 5.75 Å². The summed E-state index contributed by atoms with van der Waals surface area (Å²) in [4.78, 5) is 6.41. The first-order valence-corrected chi connectivity index (χ1v) is 11.8. The summed E-state index contributed by atoms with van der Waals surface area (Å²) >= 11 is 0. The number of hydrogen-bond acceptors (Lipinski definition) is 6. The van der Waals surface area contributed by atoms with E-state index in [1.807, 2.05) is 10.7 Å². The van der Waals surface area contributed by atoms with E-state index in [9.17, 15) is 13.2 Å². The lowest BCUT2D eigenvalue weighted by Crippen LogP contribution is -2.32. The fourth-order valence-electron chi connectivity index (χ4n) is 5.38. The molecule has 1 saturated heterocycles. The fraction of sp³-hybridized carbons (Fsp3) is 0.583. The smallest absolute Gasteiger partial charge is 0.402 e. The summed E-state index contributed by atoms with van der Waals surface area (Å²) in [5, 5.41) is 4.77. The van der Waals surface area contributed by atoms with E-state index in [1.54, 1.807) is 7.11 Å². The number of nitrogens with two attached hydrogens (primary N) is 1. The van der Waals surface area contributed by atoms with Crippen LogP contribution in [0.2, 0.25) is 0 Å². The summed E-state index contributed by atoms with van der Waals surface area (Å²) in [7, 11) is 1.78. The molecule has 0 spiro atoms. The molecule has 1 saturated carbocycles. The number of rotatable bonds is 7. The van der Waals surface area contributed by atoms with Crippen LogP contribution in [0, 0.1) is 5.92 Å². The van der Waals surface area contributed by atoms with Gasteiger partial charge in [0.2, 0.25) is 0 Å². The average molecular weight is 478 g/mol. The Kier molecular flexibility index (Phi) is 5.84. The number of nitrogen functional groups attached to an aromatic ring is 1. The van der Waals surface area contributed by atoms with Gasteiger partial charge in [0.1, 0.15) is 0 Å². The topological polar surface area (TPSA) is 78.4 Å². The molecule has 34 heavy (non-hydrogen) atoms. The zero-order chi connectivity index (χ0) is 24.2. The number of anilines is 1. The Morgan fingerprint density at radius 3 is 2.71 bits per heavy atom. The summed E-state index contributed by atoms with van der Waals surface area (Å²) in [6, 6.07) is 3.85. The van der Waals surface area contributed by atoms with Gasteiger partial charge >= 0.3 is 6.36 Å². The van der Waals surface area contributed by atoms with Crippen molar-refractivity contribution in [1.82, 2.24) is 19.7 Å². The summed E-state index contributed by atoms with van der Waals surface area (Å²) < 4.78 is 49.9. The molecule has 0 aromatic carbocycles. The number of ether oxygens (including phenoxy) is 2. The highest BCUT2D eigenvalue weighted by Crippen LogP contribution is 2.61. The van der Waals surface area contributed by atoms with Crippen molar-refractivity contribution >= 4 is 5.82 Å². The molecule has 1 aliphatic heterocycles. The summed E-state index contributed by atoms with van der Waals surface area (Å²) in [5.74, 6) is -0.0285. The van der Waals surface area contributed by atoms with Gasteiger partial charge in [0.05, 0.1) is 11.8 Å². The molecule has 0 amide bonds. The van der Waals surface area contributed by atoms with Gasteiger partial charge in [-0.2, -0.15) is 5.10 Å². The van der Waals surface area contributed by atoms with Gasteiger partial charge in [-0.3, -0.25) is 9.58 Å². The number of nitrogens with zero attached hydrogens (tertiary/aromatic N) is 4. The van der Waals surface area contributed by atoms with Crippen molar-refractivity contribution in [2.24, 2.45) is 5.92 Å². The summed E-state index contributed by atoms with van der Waals surface area (Å²) in [6.45, 7) is 6.23. The monoisotopic (exact) mass is 477 g/mol. The standard InChI is InChI=1S/C24H30F3N5O2/c1-4-13(2)32-20(22-17-8-15(9-18(17)22)31-6-5-16(12-31)33-3)10-19(30-32)14-7-21(23(28)29-11-14)34-24(25,26)27/h7-8,10-11,13,15-16,18,22H,4-6,9,12H2,1-3H3,(H2,28,29). The second-order valence-electron chi connectivity index (χ2n) is 9.51. The molecule has 2 aliphatic carbocycles. The molecule has 2 aromatic rings. The van der Waals surface area contributed by atoms with Crippen molar-refractivity contribution in [2.45, 2.75) is 63.6 Å². The maximum Gasteiger partial charge on any atom is 0.573 e. The molecule has 5 rings (SSSR count). The third kappa shape index (κ3) is 4.29. The molecule has 0 radical (unpaired) electrons. The van der Waals surface area contributed by atoms with Gasteiger partial charge in [-0.05, 0) is 44.2 Å². The lowest BCUT2D eigenvalue weighted by molar-refractivity contribution is -0.274. The molecule has 5 atom stereocenters. The Hall–Kier alpha value is -2.59. The molecular weight excluding hydrogens is 447 g/mol. The van der Waals surface area contributed by atoms with Gasteiger partial charge in [0.15, 0.2) is 11.6 Å². The Balaban J connectivity index is 1.41. The second-order valence-corrected chi connectivity index (χ2v) is 9.51. The van der Waals surface area contributed by atoms with Crippen LogP contribution in [0.15, 0.2) is 30.0 Å². The quantitative estimate of drug-likeness (QED) is 0.591. The second kappa shape index (κ2) is 8.57. The van der Waals surface area contributed by atoms with Crippen molar-refractivity contribution in [3.63, 3.8) is 0 Å². The van der Waals surface area contributed by atoms with Crippen molar-refractivity contribution in [2.75, 3.05) is 25.9 Å². The molecule has 10 heteroatoms. The van der Waals surface area contributed by atoms with Crippen LogP contribution in [0.1, 0.15) is 50.8 Å². The Morgan fingerprint density at radius 1 is 1.29 bits per heavy atom. The van der Waals surface area contributed by atoms with Gasteiger partial charge in [0, 0.05) is 55.7 Å². The van der Waals surface area contributed by atoms with E-state index in [2.05, 4.69) is 34.5 Å². The predicted octanol–water partition coefficient (Wildman–Crippen LogP) is 4.53. The maximum atomic E-state index is 12.8. The predicted molar refractivity (Wildman–Crippen MR) is 121 cm³/mol. The van der Waals surface area contributed by atoms with E-state index in [-0.39, 0.29) is 11.9 Å². The first kappa shape index (κ1) is 23.2. The number of methoxy groups -OCH3 is 1. The largest absolute Gasteiger partial charge is 0.573 e. The Labute approximate surface area is 196 Å². The molecule has 184 valence electrons. The summed E-state index contributed by atoms with van der Waals surface area (Å²) in [6.07, 6.45) is 2.37.